The summed E-state index contributed by atoms with van der Waals surface area (Å²) in [5.74, 6) is 1.77. The predicted octanol–water partition coefficient (Wildman–Crippen LogP) is 4.54. The highest BCUT2D eigenvalue weighted by Gasteiger charge is 2.36. The molecule has 0 saturated carbocycles. The van der Waals surface area contributed by atoms with Gasteiger partial charge in [0.15, 0.2) is 0 Å². The zero-order valence-corrected chi connectivity index (χ0v) is 13.8. The third-order valence-electron chi connectivity index (χ3n) is 4.33. The van der Waals surface area contributed by atoms with Gasteiger partial charge in [0.05, 0.1) is 0 Å². The summed E-state index contributed by atoms with van der Waals surface area (Å²) in [6.07, 6.45) is 2.09. The van der Waals surface area contributed by atoms with E-state index in [9.17, 15) is 0 Å². The zero-order chi connectivity index (χ0) is 14.9. The molecule has 20 heavy (non-hydrogen) atoms. The Morgan fingerprint density at radius 1 is 1.35 bits per heavy atom. The summed E-state index contributed by atoms with van der Waals surface area (Å²) in [4.78, 5) is 0. The molecule has 0 aromatic heterocycles. The molecule has 2 rings (SSSR count). The van der Waals surface area contributed by atoms with E-state index in [2.05, 4.69) is 59.0 Å². The lowest BCUT2D eigenvalue weighted by Crippen LogP contribution is -2.42. The van der Waals surface area contributed by atoms with Crippen LogP contribution in [-0.4, -0.2) is 12.1 Å². The maximum absolute atomic E-state index is 6.35. The van der Waals surface area contributed by atoms with Crippen molar-refractivity contribution in [3.8, 4) is 5.75 Å². The highest BCUT2D eigenvalue weighted by molar-refractivity contribution is 5.47. The highest BCUT2D eigenvalue weighted by Crippen LogP contribution is 2.43. The van der Waals surface area contributed by atoms with E-state index in [1.807, 2.05) is 0 Å². The molecule has 112 valence electrons. The summed E-state index contributed by atoms with van der Waals surface area (Å²) in [7, 11) is 0. The lowest BCUT2D eigenvalue weighted by Gasteiger charge is -2.41. The fourth-order valence-corrected chi connectivity index (χ4v) is 2.99. The molecule has 1 aliphatic heterocycles. The Balaban J connectivity index is 2.37. The molecule has 2 unspecified atom stereocenters. The molecule has 2 atom stereocenters. The maximum Gasteiger partial charge on any atom is 0.127 e. The van der Waals surface area contributed by atoms with Gasteiger partial charge < -0.3 is 10.1 Å². The smallest absolute Gasteiger partial charge is 0.127 e. The van der Waals surface area contributed by atoms with Gasteiger partial charge in [-0.05, 0) is 45.2 Å². The normalized spacial score (nSPS) is 25.4. The fourth-order valence-electron chi connectivity index (χ4n) is 2.99. The second kappa shape index (κ2) is 5.77. The number of fused-ring (bicyclic) bond motifs is 1. The van der Waals surface area contributed by atoms with E-state index in [4.69, 9.17) is 4.74 Å². The lowest BCUT2D eigenvalue weighted by molar-refractivity contribution is 0.0429. The van der Waals surface area contributed by atoms with Crippen LogP contribution in [0, 0.1) is 19.8 Å². The first-order chi connectivity index (χ1) is 9.34. The quantitative estimate of drug-likeness (QED) is 0.871. The van der Waals surface area contributed by atoms with Crippen LogP contribution < -0.4 is 10.1 Å². The van der Waals surface area contributed by atoms with Crippen molar-refractivity contribution in [1.29, 1.82) is 0 Å². The standard InChI is InChI=1S/C18H29NO/c1-7-18(6)10-16(19-11-12(2)3)15-9-13(4)8-14(5)17(15)20-18/h8-9,12,16,19H,7,10-11H2,1-6H3. The van der Waals surface area contributed by atoms with Crippen LogP contribution in [0.15, 0.2) is 12.1 Å². The van der Waals surface area contributed by atoms with Crippen molar-refractivity contribution in [3.05, 3.63) is 28.8 Å². The van der Waals surface area contributed by atoms with Crippen molar-refractivity contribution >= 4 is 0 Å². The van der Waals surface area contributed by atoms with Crippen molar-refractivity contribution < 1.29 is 4.74 Å². The van der Waals surface area contributed by atoms with Gasteiger partial charge in [-0.15, -0.1) is 0 Å². The van der Waals surface area contributed by atoms with Crippen LogP contribution in [0.5, 0.6) is 5.75 Å². The molecular weight excluding hydrogens is 246 g/mol. The van der Waals surface area contributed by atoms with E-state index in [1.54, 1.807) is 0 Å². The van der Waals surface area contributed by atoms with Gasteiger partial charge >= 0.3 is 0 Å². The van der Waals surface area contributed by atoms with Crippen LogP contribution in [0.2, 0.25) is 0 Å². The molecule has 1 aromatic carbocycles. The summed E-state index contributed by atoms with van der Waals surface area (Å²) >= 11 is 0. The summed E-state index contributed by atoms with van der Waals surface area (Å²) in [6.45, 7) is 14.3. The first-order valence-corrected chi connectivity index (χ1v) is 7.88. The predicted molar refractivity (Wildman–Crippen MR) is 85.4 cm³/mol. The Kier molecular flexibility index (Phi) is 4.43. The molecule has 0 bridgehead atoms. The first kappa shape index (κ1) is 15.4. The number of hydrogen-bond acceptors (Lipinski definition) is 2. The molecule has 2 heteroatoms. The van der Waals surface area contributed by atoms with E-state index in [0.29, 0.717) is 12.0 Å². The van der Waals surface area contributed by atoms with Crippen LogP contribution >= 0.6 is 0 Å². The van der Waals surface area contributed by atoms with Gasteiger partial charge in [-0.2, -0.15) is 0 Å². The summed E-state index contributed by atoms with van der Waals surface area (Å²) in [5, 5.41) is 3.74. The van der Waals surface area contributed by atoms with E-state index < -0.39 is 0 Å². The number of aryl methyl sites for hydroxylation is 2. The maximum atomic E-state index is 6.35. The van der Waals surface area contributed by atoms with Gasteiger partial charge in [0.1, 0.15) is 11.4 Å². The molecule has 1 N–H and O–H groups in total. The molecule has 1 heterocycles. The van der Waals surface area contributed by atoms with E-state index >= 15 is 0 Å². The molecule has 0 spiro atoms. The monoisotopic (exact) mass is 275 g/mol. The highest BCUT2D eigenvalue weighted by atomic mass is 16.5. The van der Waals surface area contributed by atoms with Crippen LogP contribution in [0.1, 0.15) is 63.3 Å². The van der Waals surface area contributed by atoms with Crippen molar-refractivity contribution in [3.63, 3.8) is 0 Å². The van der Waals surface area contributed by atoms with Crippen molar-refractivity contribution in [1.82, 2.24) is 5.32 Å². The van der Waals surface area contributed by atoms with E-state index in [-0.39, 0.29) is 5.60 Å². The first-order valence-electron chi connectivity index (χ1n) is 7.88. The van der Waals surface area contributed by atoms with Gasteiger partial charge in [0, 0.05) is 18.0 Å². The zero-order valence-electron chi connectivity index (χ0n) is 13.8. The molecule has 1 aliphatic rings. The minimum atomic E-state index is -0.0539. The van der Waals surface area contributed by atoms with Crippen molar-refractivity contribution in [2.24, 2.45) is 5.92 Å². The Hall–Kier alpha value is -1.02. The van der Waals surface area contributed by atoms with Crippen molar-refractivity contribution in [2.75, 3.05) is 6.54 Å². The topological polar surface area (TPSA) is 21.3 Å². The summed E-state index contributed by atoms with van der Waals surface area (Å²) < 4.78 is 6.35. The fraction of sp³-hybridized carbons (Fsp3) is 0.667. The average molecular weight is 275 g/mol. The molecule has 0 saturated heterocycles. The Labute approximate surface area is 123 Å². The van der Waals surface area contributed by atoms with Crippen LogP contribution in [0.4, 0.5) is 0 Å². The largest absolute Gasteiger partial charge is 0.487 e. The Morgan fingerprint density at radius 2 is 2.05 bits per heavy atom. The second-order valence-corrected chi connectivity index (χ2v) is 6.96. The van der Waals surface area contributed by atoms with E-state index in [1.165, 1.54) is 16.7 Å². The molecule has 0 fully saturated rings. The van der Waals surface area contributed by atoms with Gasteiger partial charge in [-0.25, -0.2) is 0 Å². The van der Waals surface area contributed by atoms with E-state index in [0.717, 1.165) is 25.1 Å². The van der Waals surface area contributed by atoms with Crippen LogP contribution in [0.25, 0.3) is 0 Å². The lowest BCUT2D eigenvalue weighted by atomic mass is 9.85. The van der Waals surface area contributed by atoms with Gasteiger partial charge in [-0.3, -0.25) is 0 Å². The Morgan fingerprint density at radius 3 is 2.65 bits per heavy atom. The average Bonchev–Trinajstić information content (AvgIpc) is 2.37. The number of benzene rings is 1. The molecule has 0 aliphatic carbocycles. The summed E-state index contributed by atoms with van der Waals surface area (Å²) in [5.41, 5.74) is 3.87. The number of rotatable bonds is 4. The molecule has 0 radical (unpaired) electrons. The number of ether oxygens (including phenoxy) is 1. The third-order valence-corrected chi connectivity index (χ3v) is 4.33. The molecule has 0 amide bonds. The molecule has 1 aromatic rings. The van der Waals surface area contributed by atoms with Crippen LogP contribution in [-0.2, 0) is 0 Å². The number of hydrogen-bond donors (Lipinski definition) is 1. The SMILES string of the molecule is CCC1(C)CC(NCC(C)C)c2cc(C)cc(C)c2O1. The second-order valence-electron chi connectivity index (χ2n) is 6.96. The summed E-state index contributed by atoms with van der Waals surface area (Å²) in [6, 6.07) is 4.92. The molecule has 2 nitrogen and oxygen atoms in total. The van der Waals surface area contributed by atoms with Gasteiger partial charge in [-0.1, -0.05) is 38.5 Å². The van der Waals surface area contributed by atoms with Gasteiger partial charge in [0.2, 0.25) is 0 Å². The minimum Gasteiger partial charge on any atom is -0.487 e. The minimum absolute atomic E-state index is 0.0539. The number of nitrogens with one attached hydrogen (secondary N) is 1. The Bertz CT molecular complexity index is 481. The molecular formula is C18H29NO. The third kappa shape index (κ3) is 3.17. The van der Waals surface area contributed by atoms with Gasteiger partial charge in [0.25, 0.3) is 0 Å². The van der Waals surface area contributed by atoms with Crippen molar-refractivity contribution in [2.45, 2.75) is 66.0 Å². The van der Waals surface area contributed by atoms with Crippen LogP contribution in [0.3, 0.4) is 0 Å².